The van der Waals surface area contributed by atoms with Crippen molar-refractivity contribution in [2.75, 3.05) is 43.5 Å². The van der Waals surface area contributed by atoms with E-state index in [1.54, 1.807) is 7.11 Å². The summed E-state index contributed by atoms with van der Waals surface area (Å²) < 4.78 is 10.7. The normalized spacial score (nSPS) is 14.3. The molecule has 1 N–H and O–H groups in total. The molecule has 0 radical (unpaired) electrons. The summed E-state index contributed by atoms with van der Waals surface area (Å²) in [5, 5.41) is 12.8. The second-order valence-corrected chi connectivity index (χ2v) is 8.72. The number of nitrogens with one attached hydrogen (secondary N) is 1. The van der Waals surface area contributed by atoms with Crippen LogP contribution in [0.1, 0.15) is 17.8 Å². The maximum atomic E-state index is 12.5. The SMILES string of the molecule is COCc1nnc(NC(=O)CCC(=O)N2CCN(c3nsc4ccccc34)CC2)s1. The van der Waals surface area contributed by atoms with Gasteiger partial charge in [0.15, 0.2) is 0 Å². The van der Waals surface area contributed by atoms with Crippen LogP contribution in [0.5, 0.6) is 0 Å². The summed E-state index contributed by atoms with van der Waals surface area (Å²) in [6.07, 6.45) is 0.296. The lowest BCUT2D eigenvalue weighted by Crippen LogP contribution is -2.49. The van der Waals surface area contributed by atoms with Crippen LogP contribution in [0, 0.1) is 0 Å². The number of hydrogen-bond acceptors (Lipinski definition) is 9. The van der Waals surface area contributed by atoms with Crippen LogP contribution in [0.3, 0.4) is 0 Å². The minimum Gasteiger partial charge on any atom is -0.377 e. The van der Waals surface area contributed by atoms with Crippen LogP contribution < -0.4 is 10.2 Å². The van der Waals surface area contributed by atoms with Crippen molar-refractivity contribution in [3.63, 3.8) is 0 Å². The highest BCUT2D eigenvalue weighted by Gasteiger charge is 2.24. The molecule has 158 valence electrons. The Morgan fingerprint density at radius 1 is 1.13 bits per heavy atom. The Bertz CT molecular complexity index is 1030. The Labute approximate surface area is 181 Å². The molecular weight excluding hydrogens is 424 g/mol. The summed E-state index contributed by atoms with van der Waals surface area (Å²) in [6.45, 7) is 3.08. The molecule has 1 fully saturated rings. The first kappa shape index (κ1) is 20.6. The van der Waals surface area contributed by atoms with Gasteiger partial charge in [-0.25, -0.2) is 0 Å². The van der Waals surface area contributed by atoms with Gasteiger partial charge in [0.2, 0.25) is 16.9 Å². The zero-order valence-corrected chi connectivity index (χ0v) is 18.2. The Morgan fingerprint density at radius 2 is 1.93 bits per heavy atom. The van der Waals surface area contributed by atoms with E-state index in [-0.39, 0.29) is 24.7 Å². The fourth-order valence-corrected chi connectivity index (χ4v) is 4.84. The van der Waals surface area contributed by atoms with Crippen molar-refractivity contribution in [2.24, 2.45) is 0 Å². The van der Waals surface area contributed by atoms with Crippen LogP contribution in [0.4, 0.5) is 10.9 Å². The highest BCUT2D eigenvalue weighted by Crippen LogP contribution is 2.29. The van der Waals surface area contributed by atoms with Crippen LogP contribution in [0.15, 0.2) is 24.3 Å². The van der Waals surface area contributed by atoms with Crippen LogP contribution in [-0.2, 0) is 20.9 Å². The number of piperazine rings is 1. The molecular formula is C19H22N6O3S2. The predicted molar refractivity (Wildman–Crippen MR) is 117 cm³/mol. The van der Waals surface area contributed by atoms with Gasteiger partial charge >= 0.3 is 0 Å². The van der Waals surface area contributed by atoms with Gasteiger partial charge in [-0.2, -0.15) is 4.37 Å². The smallest absolute Gasteiger partial charge is 0.226 e. The molecule has 1 saturated heterocycles. The third-order valence-corrected chi connectivity index (χ3v) is 6.47. The lowest BCUT2D eigenvalue weighted by Gasteiger charge is -2.35. The summed E-state index contributed by atoms with van der Waals surface area (Å²) in [5.74, 6) is 0.744. The maximum Gasteiger partial charge on any atom is 0.226 e. The van der Waals surface area contributed by atoms with Crippen molar-refractivity contribution >= 4 is 55.7 Å². The molecule has 0 bridgehead atoms. The van der Waals surface area contributed by atoms with E-state index in [0.29, 0.717) is 29.8 Å². The van der Waals surface area contributed by atoms with Gasteiger partial charge in [-0.1, -0.05) is 23.5 Å². The number of rotatable bonds is 7. The van der Waals surface area contributed by atoms with E-state index in [2.05, 4.69) is 36.9 Å². The summed E-state index contributed by atoms with van der Waals surface area (Å²) >= 11 is 2.76. The molecule has 11 heteroatoms. The minimum atomic E-state index is -0.240. The first-order valence-electron chi connectivity index (χ1n) is 9.62. The van der Waals surface area contributed by atoms with Crippen molar-refractivity contribution < 1.29 is 14.3 Å². The minimum absolute atomic E-state index is 0.00901. The molecule has 2 aromatic heterocycles. The summed E-state index contributed by atoms with van der Waals surface area (Å²) in [6, 6.07) is 8.19. The number of methoxy groups -OCH3 is 1. The lowest BCUT2D eigenvalue weighted by molar-refractivity contribution is -0.133. The van der Waals surface area contributed by atoms with E-state index in [9.17, 15) is 9.59 Å². The summed E-state index contributed by atoms with van der Waals surface area (Å²) in [4.78, 5) is 28.7. The quantitative estimate of drug-likeness (QED) is 0.595. The molecule has 9 nitrogen and oxygen atoms in total. The number of hydrogen-bond donors (Lipinski definition) is 1. The maximum absolute atomic E-state index is 12.5. The van der Waals surface area contributed by atoms with Gasteiger partial charge in [-0.05, 0) is 23.7 Å². The lowest BCUT2D eigenvalue weighted by atomic mass is 10.2. The molecule has 0 unspecified atom stereocenters. The predicted octanol–water partition coefficient (Wildman–Crippen LogP) is 2.36. The van der Waals surface area contributed by atoms with E-state index >= 15 is 0 Å². The van der Waals surface area contributed by atoms with Crippen molar-refractivity contribution in [3.05, 3.63) is 29.3 Å². The zero-order chi connectivity index (χ0) is 20.9. The van der Waals surface area contributed by atoms with Crippen molar-refractivity contribution in [2.45, 2.75) is 19.4 Å². The summed E-state index contributed by atoms with van der Waals surface area (Å²) in [5.41, 5.74) is 0. The molecule has 1 aromatic carbocycles. The number of nitrogens with zero attached hydrogens (tertiary/aromatic N) is 5. The Kier molecular flexibility index (Phi) is 6.50. The van der Waals surface area contributed by atoms with Gasteiger partial charge in [0.25, 0.3) is 0 Å². The van der Waals surface area contributed by atoms with Crippen LogP contribution in [-0.4, -0.2) is 64.6 Å². The molecule has 30 heavy (non-hydrogen) atoms. The van der Waals surface area contributed by atoms with Gasteiger partial charge in [-0.3, -0.25) is 9.59 Å². The standard InChI is InChI=1S/C19H22N6O3S2/c1-28-12-16-21-22-19(29-16)20-15(26)6-7-17(27)24-8-10-25(11-9-24)18-13-4-2-3-5-14(13)30-23-18/h2-5H,6-12H2,1H3,(H,20,22,26). The molecule has 1 aliphatic rings. The number of anilines is 2. The molecule has 3 aromatic rings. The molecule has 1 aliphatic heterocycles. The number of fused-ring (bicyclic) bond motifs is 1. The molecule has 0 spiro atoms. The van der Waals surface area contributed by atoms with Crippen LogP contribution in [0.25, 0.3) is 10.1 Å². The van der Waals surface area contributed by atoms with E-state index < -0.39 is 0 Å². The van der Waals surface area contributed by atoms with Crippen molar-refractivity contribution in [1.82, 2.24) is 19.5 Å². The third-order valence-electron chi connectivity index (χ3n) is 4.84. The van der Waals surface area contributed by atoms with Gasteiger partial charge < -0.3 is 19.9 Å². The second-order valence-electron chi connectivity index (χ2n) is 6.85. The molecule has 3 heterocycles. The highest BCUT2D eigenvalue weighted by molar-refractivity contribution is 7.15. The monoisotopic (exact) mass is 446 g/mol. The number of aromatic nitrogens is 3. The van der Waals surface area contributed by atoms with Crippen molar-refractivity contribution in [1.29, 1.82) is 0 Å². The fraction of sp³-hybridized carbons (Fsp3) is 0.421. The number of carbonyl (C=O) groups excluding carboxylic acids is 2. The zero-order valence-electron chi connectivity index (χ0n) is 16.5. The van der Waals surface area contributed by atoms with Gasteiger partial charge in [0.05, 0.1) is 4.70 Å². The summed E-state index contributed by atoms with van der Waals surface area (Å²) in [7, 11) is 1.57. The number of carbonyl (C=O) groups is 2. The second kappa shape index (κ2) is 9.45. The molecule has 0 aliphatic carbocycles. The molecule has 0 atom stereocenters. The Balaban J connectivity index is 1.23. The van der Waals surface area contributed by atoms with E-state index in [1.165, 1.54) is 27.6 Å². The third kappa shape index (κ3) is 4.74. The number of benzene rings is 1. The molecule has 4 rings (SSSR count). The van der Waals surface area contributed by atoms with Gasteiger partial charge in [-0.15, -0.1) is 10.2 Å². The first-order chi connectivity index (χ1) is 14.6. The van der Waals surface area contributed by atoms with E-state index in [4.69, 9.17) is 4.74 Å². The van der Waals surface area contributed by atoms with Crippen molar-refractivity contribution in [3.8, 4) is 0 Å². The fourth-order valence-electron chi connectivity index (χ4n) is 3.31. The number of amides is 2. The molecule has 2 amide bonds. The molecule has 0 saturated carbocycles. The topological polar surface area (TPSA) is 101 Å². The average molecular weight is 447 g/mol. The van der Waals surface area contributed by atoms with Gasteiger partial charge in [0.1, 0.15) is 17.4 Å². The van der Waals surface area contributed by atoms with E-state index in [1.807, 2.05) is 17.0 Å². The average Bonchev–Trinajstić information content (AvgIpc) is 3.39. The first-order valence-corrected chi connectivity index (χ1v) is 11.2. The van der Waals surface area contributed by atoms with E-state index in [0.717, 1.165) is 24.3 Å². The van der Waals surface area contributed by atoms with Crippen LogP contribution in [0.2, 0.25) is 0 Å². The largest absolute Gasteiger partial charge is 0.377 e. The van der Waals surface area contributed by atoms with Gasteiger partial charge in [0, 0.05) is 51.5 Å². The van der Waals surface area contributed by atoms with Crippen LogP contribution >= 0.6 is 22.9 Å². The Morgan fingerprint density at radius 3 is 2.73 bits per heavy atom. The number of ether oxygens (including phenoxy) is 1. The Hall–Kier alpha value is -2.63. The highest BCUT2D eigenvalue weighted by atomic mass is 32.1.